The van der Waals surface area contributed by atoms with Crippen molar-refractivity contribution in [3.8, 4) is 23.7 Å². The van der Waals surface area contributed by atoms with E-state index in [9.17, 15) is 0 Å². The first-order chi connectivity index (χ1) is 26.1. The van der Waals surface area contributed by atoms with E-state index >= 15 is 0 Å². The van der Waals surface area contributed by atoms with Crippen LogP contribution in [0.4, 0.5) is 56.9 Å². The second-order valence-corrected chi connectivity index (χ2v) is 13.9. The van der Waals surface area contributed by atoms with Crippen molar-refractivity contribution in [1.82, 2.24) is 0 Å². The van der Waals surface area contributed by atoms with Gasteiger partial charge in [-0.05, 0) is 157 Å². The molecule has 0 aliphatic heterocycles. The van der Waals surface area contributed by atoms with E-state index in [1.807, 2.05) is 0 Å². The average molecular weight is 709 g/mol. The molecule has 0 amide bonds. The van der Waals surface area contributed by atoms with E-state index in [4.69, 9.17) is 0 Å². The van der Waals surface area contributed by atoms with Gasteiger partial charge in [0.2, 0.25) is 0 Å². The molecule has 6 aromatic carbocycles. The third-order valence-electron chi connectivity index (χ3n) is 9.22. The molecule has 0 atom stereocenters. The maximum absolute atomic E-state index is 3.23. The lowest BCUT2D eigenvalue weighted by Crippen LogP contribution is -2.12. The Labute approximate surface area is 322 Å². The highest BCUT2D eigenvalue weighted by atomic mass is 15.2. The van der Waals surface area contributed by atoms with Gasteiger partial charge in [0.15, 0.2) is 0 Å². The van der Waals surface area contributed by atoms with Gasteiger partial charge >= 0.3 is 0 Å². The van der Waals surface area contributed by atoms with Gasteiger partial charge in [-0.3, -0.25) is 0 Å². The fourth-order valence-electron chi connectivity index (χ4n) is 6.09. The van der Waals surface area contributed by atoms with Crippen molar-refractivity contribution in [3.05, 3.63) is 157 Å². The Bertz CT molecular complexity index is 1980. The van der Waals surface area contributed by atoms with Crippen LogP contribution >= 0.6 is 0 Å². The van der Waals surface area contributed by atoms with Gasteiger partial charge in [-0.25, -0.2) is 0 Å². The molecule has 0 heterocycles. The number of benzene rings is 6. The summed E-state index contributed by atoms with van der Waals surface area (Å²) < 4.78 is 0. The maximum atomic E-state index is 3.23. The second kappa shape index (κ2) is 16.7. The van der Waals surface area contributed by atoms with Crippen LogP contribution in [0.1, 0.15) is 11.1 Å². The number of hydrogen-bond donors (Lipinski definition) is 0. The van der Waals surface area contributed by atoms with Crippen molar-refractivity contribution in [2.75, 3.05) is 85.8 Å². The van der Waals surface area contributed by atoms with Crippen LogP contribution < -0.4 is 29.4 Å². The first-order valence-electron chi connectivity index (χ1n) is 18.0. The minimum Gasteiger partial charge on any atom is -0.378 e. The minimum atomic E-state index is 0.908. The van der Waals surface area contributed by atoms with Crippen molar-refractivity contribution in [3.63, 3.8) is 0 Å². The largest absolute Gasteiger partial charge is 0.378 e. The molecule has 0 spiro atoms. The summed E-state index contributed by atoms with van der Waals surface area (Å²) in [5.41, 5.74) is 12.9. The molecule has 6 heteroatoms. The molecule has 6 rings (SSSR count). The zero-order chi connectivity index (χ0) is 38.2. The number of nitrogens with zero attached hydrogens (tertiary/aromatic N) is 6. The quantitative estimate of drug-likeness (QED) is 0.131. The maximum Gasteiger partial charge on any atom is 0.0463 e. The highest BCUT2D eigenvalue weighted by Crippen LogP contribution is 2.37. The molecule has 0 saturated carbocycles. The van der Waals surface area contributed by atoms with E-state index in [1.165, 1.54) is 0 Å². The summed E-state index contributed by atoms with van der Waals surface area (Å²) in [5.74, 6) is 12.6. The van der Waals surface area contributed by atoms with Crippen LogP contribution in [0.3, 0.4) is 0 Å². The van der Waals surface area contributed by atoms with E-state index in [1.54, 1.807) is 0 Å². The molecule has 0 bridgehead atoms. The summed E-state index contributed by atoms with van der Waals surface area (Å²) in [6, 6.07) is 51.1. The predicted octanol–water partition coefficient (Wildman–Crippen LogP) is 10.3. The highest BCUT2D eigenvalue weighted by Gasteiger charge is 2.15. The lowest BCUT2D eigenvalue weighted by molar-refractivity contribution is 1.13. The molecule has 0 radical (unpaired) electrons. The SMILES string of the molecule is CN(C)c1ccc(N(c2ccc(C#CC#Cc3ccc(N(c4ccc(N(C)C)cc4)c4ccc(N(C)C)cc4)cc3)cc2)c2ccc(N(C)C)cc2)cc1. The summed E-state index contributed by atoms with van der Waals surface area (Å²) in [7, 11) is 16.4. The second-order valence-electron chi connectivity index (χ2n) is 13.9. The Morgan fingerprint density at radius 2 is 0.407 bits per heavy atom. The number of hydrogen-bond acceptors (Lipinski definition) is 6. The third kappa shape index (κ3) is 8.81. The molecule has 270 valence electrons. The fraction of sp³-hybridized carbons (Fsp3) is 0.167. The molecule has 54 heavy (non-hydrogen) atoms. The lowest BCUT2D eigenvalue weighted by atomic mass is 10.1. The molecular weight excluding hydrogens is 661 g/mol. The summed E-state index contributed by atoms with van der Waals surface area (Å²) in [5, 5.41) is 0. The summed E-state index contributed by atoms with van der Waals surface area (Å²) in [6.45, 7) is 0. The monoisotopic (exact) mass is 708 g/mol. The zero-order valence-electron chi connectivity index (χ0n) is 32.5. The Morgan fingerprint density at radius 3 is 0.593 bits per heavy atom. The first-order valence-corrected chi connectivity index (χ1v) is 18.0. The lowest BCUT2D eigenvalue weighted by Gasteiger charge is -2.27. The molecule has 0 aliphatic carbocycles. The van der Waals surface area contributed by atoms with Crippen LogP contribution in [0, 0.1) is 23.7 Å². The minimum absolute atomic E-state index is 0.908. The average Bonchev–Trinajstić information content (AvgIpc) is 3.18. The summed E-state index contributed by atoms with van der Waals surface area (Å²) in [6.07, 6.45) is 0. The van der Waals surface area contributed by atoms with E-state index < -0.39 is 0 Å². The van der Waals surface area contributed by atoms with Crippen LogP contribution in [0.5, 0.6) is 0 Å². The van der Waals surface area contributed by atoms with Crippen LogP contribution in [-0.2, 0) is 0 Å². The van der Waals surface area contributed by atoms with E-state index in [2.05, 4.69) is 255 Å². The van der Waals surface area contributed by atoms with Gasteiger partial charge in [-0.1, -0.05) is 11.8 Å². The Hall–Kier alpha value is -6.76. The molecule has 0 fully saturated rings. The normalized spacial score (nSPS) is 10.3. The molecule has 0 unspecified atom stereocenters. The van der Waals surface area contributed by atoms with Crippen molar-refractivity contribution in [1.29, 1.82) is 0 Å². The number of anilines is 10. The zero-order valence-corrected chi connectivity index (χ0v) is 32.5. The molecule has 0 aromatic heterocycles. The topological polar surface area (TPSA) is 19.4 Å². The van der Waals surface area contributed by atoms with Gasteiger partial charge < -0.3 is 29.4 Å². The van der Waals surface area contributed by atoms with Gasteiger partial charge in [0.05, 0.1) is 0 Å². The van der Waals surface area contributed by atoms with Crippen molar-refractivity contribution < 1.29 is 0 Å². The molecule has 0 saturated heterocycles. The first kappa shape index (κ1) is 37.0. The summed E-state index contributed by atoms with van der Waals surface area (Å²) in [4.78, 5) is 13.0. The van der Waals surface area contributed by atoms with Crippen LogP contribution in [0.15, 0.2) is 146 Å². The van der Waals surface area contributed by atoms with E-state index in [0.717, 1.165) is 68.0 Å². The van der Waals surface area contributed by atoms with Crippen molar-refractivity contribution in [2.45, 2.75) is 0 Å². The predicted molar refractivity (Wildman–Crippen MR) is 233 cm³/mol. The van der Waals surface area contributed by atoms with E-state index in [0.29, 0.717) is 0 Å². The van der Waals surface area contributed by atoms with Crippen LogP contribution in [0.25, 0.3) is 0 Å². The molecule has 0 aliphatic rings. The van der Waals surface area contributed by atoms with Crippen LogP contribution in [0.2, 0.25) is 0 Å². The van der Waals surface area contributed by atoms with Crippen molar-refractivity contribution in [2.24, 2.45) is 0 Å². The molecular formula is C48H48N6. The Morgan fingerprint density at radius 1 is 0.241 bits per heavy atom. The Kier molecular flexibility index (Phi) is 11.5. The van der Waals surface area contributed by atoms with Gasteiger partial charge in [-0.15, -0.1) is 0 Å². The van der Waals surface area contributed by atoms with Crippen molar-refractivity contribution >= 4 is 56.9 Å². The fourth-order valence-corrected chi connectivity index (χ4v) is 6.09. The van der Waals surface area contributed by atoms with E-state index in [-0.39, 0.29) is 0 Å². The third-order valence-corrected chi connectivity index (χ3v) is 9.22. The van der Waals surface area contributed by atoms with Gasteiger partial charge in [0.25, 0.3) is 0 Å². The highest BCUT2D eigenvalue weighted by molar-refractivity contribution is 5.80. The summed E-state index contributed by atoms with van der Waals surface area (Å²) >= 11 is 0. The number of rotatable bonds is 10. The van der Waals surface area contributed by atoms with Gasteiger partial charge in [0.1, 0.15) is 0 Å². The molecule has 6 aromatic rings. The van der Waals surface area contributed by atoms with Gasteiger partial charge in [0, 0.05) is 124 Å². The van der Waals surface area contributed by atoms with Gasteiger partial charge in [-0.2, -0.15) is 0 Å². The van der Waals surface area contributed by atoms with Crippen LogP contribution in [-0.4, -0.2) is 56.4 Å². The molecule has 0 N–H and O–H groups in total. The molecule has 6 nitrogen and oxygen atoms in total. The standard InChI is InChI=1S/C48H48N6/c1-49(2)39-21-29-45(30-22-39)53(46-31-23-40(24-32-46)50(3)4)43-17-13-37(14-18-43)11-9-10-12-38-15-19-44(20-16-38)54(47-33-25-41(26-34-47)51(5)6)48-35-27-42(28-36-48)52(7)8/h13-36H,1-8H3. The Balaban J connectivity index is 1.21. The smallest absolute Gasteiger partial charge is 0.0463 e.